The lowest BCUT2D eigenvalue weighted by Gasteiger charge is -2.21. The van der Waals surface area contributed by atoms with Crippen molar-refractivity contribution in [1.29, 1.82) is 0 Å². The minimum Gasteiger partial charge on any atom is -0.333 e. The Bertz CT molecular complexity index is 1420. The summed E-state index contributed by atoms with van der Waals surface area (Å²) in [6.07, 6.45) is 3.61. The second-order valence-electron chi connectivity index (χ2n) is 9.31. The second-order valence-corrected chi connectivity index (χ2v) is 9.31. The van der Waals surface area contributed by atoms with Crippen LogP contribution in [0.5, 0.6) is 0 Å². The molecule has 0 bridgehead atoms. The highest BCUT2D eigenvalue weighted by atomic mass is 19.2. The van der Waals surface area contributed by atoms with Crippen LogP contribution in [0.15, 0.2) is 60.9 Å². The van der Waals surface area contributed by atoms with Gasteiger partial charge in [0.15, 0.2) is 11.6 Å². The summed E-state index contributed by atoms with van der Waals surface area (Å²) in [7, 11) is 1.84. The molecule has 4 aromatic rings. The number of para-hydroxylation sites is 1. The minimum atomic E-state index is -0.888. The monoisotopic (exact) mass is 505 g/mol. The molecule has 5 rings (SSSR count). The molecule has 2 atom stereocenters. The third-order valence-corrected chi connectivity index (χ3v) is 6.86. The molecule has 1 saturated heterocycles. The summed E-state index contributed by atoms with van der Waals surface area (Å²) in [5.74, 6) is -1.41. The van der Waals surface area contributed by atoms with Crippen LogP contribution in [0.3, 0.4) is 0 Å². The lowest BCUT2D eigenvalue weighted by atomic mass is 9.94. The van der Waals surface area contributed by atoms with Crippen LogP contribution in [0.4, 0.5) is 19.4 Å². The van der Waals surface area contributed by atoms with Crippen LogP contribution in [0.1, 0.15) is 24.0 Å². The molecule has 37 heavy (non-hydrogen) atoms. The highest BCUT2D eigenvalue weighted by molar-refractivity contribution is 5.91. The smallest absolute Gasteiger partial charge is 0.320 e. The van der Waals surface area contributed by atoms with Crippen molar-refractivity contribution in [3.8, 4) is 16.9 Å². The van der Waals surface area contributed by atoms with Gasteiger partial charge in [0.1, 0.15) is 11.5 Å². The highest BCUT2D eigenvalue weighted by Gasteiger charge is 2.35. The molecule has 0 saturated carbocycles. The number of aromatic nitrogens is 4. The molecule has 2 N–H and O–H groups in total. The summed E-state index contributed by atoms with van der Waals surface area (Å²) in [6, 6.07) is 12.8. The minimum absolute atomic E-state index is 0.174. The van der Waals surface area contributed by atoms with Crippen molar-refractivity contribution in [2.24, 2.45) is 7.05 Å². The number of anilines is 1. The first kappa shape index (κ1) is 24.6. The Hall–Kier alpha value is -4.05. The van der Waals surface area contributed by atoms with E-state index < -0.39 is 17.7 Å². The van der Waals surface area contributed by atoms with Gasteiger partial charge < -0.3 is 10.2 Å². The molecule has 1 fully saturated rings. The number of carbonyl (C=O) groups excluding carboxylic acids is 1. The number of aryl methyl sites for hydroxylation is 1. The zero-order valence-electron chi connectivity index (χ0n) is 20.9. The quantitative estimate of drug-likeness (QED) is 0.405. The molecular weight excluding hydrogens is 476 g/mol. The summed E-state index contributed by atoms with van der Waals surface area (Å²) < 4.78 is 30.9. The maximum absolute atomic E-state index is 14.0. The molecule has 2 aromatic carbocycles. The van der Waals surface area contributed by atoms with Crippen molar-refractivity contribution in [2.45, 2.75) is 25.8 Å². The Balaban J connectivity index is 1.43. The highest BCUT2D eigenvalue weighted by Crippen LogP contribution is 2.31. The zero-order valence-corrected chi connectivity index (χ0v) is 20.9. The fourth-order valence-corrected chi connectivity index (χ4v) is 4.90. The molecule has 0 unspecified atom stereocenters. The van der Waals surface area contributed by atoms with Crippen LogP contribution in [-0.2, 0) is 7.05 Å². The zero-order chi connectivity index (χ0) is 26.1. The number of rotatable bonds is 6. The SMILES string of the molecule is CCN1C[C@@H](NC(=O)Nc2c(C)c(-c3cnn(C)c3)nn2-c2ccccc2)[C@H](c2ccc(F)c(F)c2)C1. The number of hydrogen-bond acceptors (Lipinski definition) is 4. The fourth-order valence-electron chi connectivity index (χ4n) is 4.90. The van der Waals surface area contributed by atoms with Crippen molar-refractivity contribution in [3.05, 3.63) is 83.7 Å². The number of hydrogen-bond donors (Lipinski definition) is 2. The number of amides is 2. The van der Waals surface area contributed by atoms with Crippen LogP contribution in [0, 0.1) is 18.6 Å². The van der Waals surface area contributed by atoms with E-state index in [2.05, 4.69) is 20.6 Å². The van der Waals surface area contributed by atoms with Gasteiger partial charge in [0.05, 0.1) is 17.9 Å². The van der Waals surface area contributed by atoms with Crippen molar-refractivity contribution in [1.82, 2.24) is 29.8 Å². The molecule has 2 aromatic heterocycles. The first-order valence-electron chi connectivity index (χ1n) is 12.2. The number of halogens is 2. The Morgan fingerprint density at radius 1 is 1.11 bits per heavy atom. The maximum Gasteiger partial charge on any atom is 0.320 e. The van der Waals surface area contributed by atoms with E-state index in [0.29, 0.717) is 30.2 Å². The van der Waals surface area contributed by atoms with Crippen LogP contribution >= 0.6 is 0 Å². The van der Waals surface area contributed by atoms with E-state index in [1.807, 2.05) is 57.4 Å². The second kappa shape index (κ2) is 10.1. The largest absolute Gasteiger partial charge is 0.333 e. The van der Waals surface area contributed by atoms with E-state index in [1.54, 1.807) is 21.6 Å². The Morgan fingerprint density at radius 2 is 1.89 bits per heavy atom. The van der Waals surface area contributed by atoms with Gasteiger partial charge in [0.2, 0.25) is 0 Å². The van der Waals surface area contributed by atoms with Gasteiger partial charge in [0.25, 0.3) is 0 Å². The topological polar surface area (TPSA) is 80.0 Å². The van der Waals surface area contributed by atoms with Gasteiger partial charge in [-0.3, -0.25) is 10.00 Å². The molecule has 3 heterocycles. The normalized spacial score (nSPS) is 17.8. The van der Waals surface area contributed by atoms with Gasteiger partial charge >= 0.3 is 6.03 Å². The van der Waals surface area contributed by atoms with Gasteiger partial charge in [-0.1, -0.05) is 31.2 Å². The number of benzene rings is 2. The van der Waals surface area contributed by atoms with Crippen LogP contribution < -0.4 is 10.6 Å². The van der Waals surface area contributed by atoms with Gasteiger partial charge in [-0.25, -0.2) is 18.3 Å². The van der Waals surface area contributed by atoms with Crippen molar-refractivity contribution in [3.63, 3.8) is 0 Å². The average molecular weight is 506 g/mol. The number of nitrogens with one attached hydrogen (secondary N) is 2. The molecular formula is C27H29F2N7O. The Morgan fingerprint density at radius 3 is 2.57 bits per heavy atom. The van der Waals surface area contributed by atoms with E-state index >= 15 is 0 Å². The summed E-state index contributed by atoms with van der Waals surface area (Å²) in [5, 5.41) is 15.1. The van der Waals surface area contributed by atoms with Crippen molar-refractivity contribution >= 4 is 11.8 Å². The number of urea groups is 1. The lowest BCUT2D eigenvalue weighted by molar-refractivity contribution is 0.247. The van der Waals surface area contributed by atoms with Crippen molar-refractivity contribution < 1.29 is 13.6 Å². The molecule has 1 aliphatic heterocycles. The van der Waals surface area contributed by atoms with Gasteiger partial charge in [-0.2, -0.15) is 10.2 Å². The van der Waals surface area contributed by atoms with E-state index in [9.17, 15) is 13.6 Å². The first-order valence-corrected chi connectivity index (χ1v) is 12.2. The number of likely N-dealkylation sites (N-methyl/N-ethyl adjacent to an activating group) is 1. The summed E-state index contributed by atoms with van der Waals surface area (Å²) >= 11 is 0. The Labute approximate surface area is 213 Å². The molecule has 8 nitrogen and oxygen atoms in total. The molecule has 1 aliphatic rings. The van der Waals surface area contributed by atoms with E-state index in [1.165, 1.54) is 6.07 Å². The third kappa shape index (κ3) is 4.97. The predicted molar refractivity (Wildman–Crippen MR) is 138 cm³/mol. The maximum atomic E-state index is 14.0. The number of carbonyl (C=O) groups is 1. The predicted octanol–water partition coefficient (Wildman–Crippen LogP) is 4.47. The van der Waals surface area contributed by atoms with Crippen LogP contribution in [0.25, 0.3) is 16.9 Å². The summed E-state index contributed by atoms with van der Waals surface area (Å²) in [6.45, 7) is 5.97. The fraction of sp³-hybridized carbons (Fsp3) is 0.296. The molecule has 0 radical (unpaired) electrons. The van der Waals surface area contributed by atoms with E-state index in [-0.39, 0.29) is 12.0 Å². The van der Waals surface area contributed by atoms with Crippen LogP contribution in [0.2, 0.25) is 0 Å². The number of likely N-dealkylation sites (tertiary alicyclic amines) is 1. The molecule has 10 heteroatoms. The van der Waals surface area contributed by atoms with Gasteiger partial charge in [-0.15, -0.1) is 0 Å². The molecule has 192 valence electrons. The molecule has 0 aliphatic carbocycles. The van der Waals surface area contributed by atoms with Crippen LogP contribution in [-0.4, -0.2) is 56.2 Å². The van der Waals surface area contributed by atoms with Gasteiger partial charge in [0, 0.05) is 43.4 Å². The molecule has 2 amide bonds. The number of nitrogens with zero attached hydrogens (tertiary/aromatic N) is 5. The van der Waals surface area contributed by atoms with Crippen molar-refractivity contribution in [2.75, 3.05) is 25.0 Å². The average Bonchev–Trinajstić information content (AvgIpc) is 3.59. The summed E-state index contributed by atoms with van der Waals surface area (Å²) in [4.78, 5) is 15.5. The van der Waals surface area contributed by atoms with E-state index in [4.69, 9.17) is 5.10 Å². The standard InChI is InChI=1S/C27H29F2N7O/c1-4-35-15-21(18-10-11-22(28)23(29)12-18)24(16-35)31-27(37)32-26-17(2)25(19-13-30-34(3)14-19)33-36(26)20-8-6-5-7-9-20/h5-14,21,24H,4,15-16H2,1-3H3,(H2,31,32,37)/t21-,24+/m0/s1. The summed E-state index contributed by atoms with van der Waals surface area (Å²) in [5.41, 5.74) is 3.81. The third-order valence-electron chi connectivity index (χ3n) is 6.86. The first-order chi connectivity index (χ1) is 17.8. The van der Waals surface area contributed by atoms with Gasteiger partial charge in [-0.05, 0) is 43.3 Å². The molecule has 0 spiro atoms. The van der Waals surface area contributed by atoms with E-state index in [0.717, 1.165) is 29.4 Å². The Kier molecular flexibility index (Phi) is 6.75. The lowest BCUT2D eigenvalue weighted by Crippen LogP contribution is -2.42.